The van der Waals surface area contributed by atoms with Gasteiger partial charge in [0.05, 0.1) is 0 Å². The maximum absolute atomic E-state index is 9.19. The molecule has 0 aromatic heterocycles. The van der Waals surface area contributed by atoms with E-state index < -0.39 is 6.23 Å². The van der Waals surface area contributed by atoms with E-state index in [0.29, 0.717) is 5.56 Å². The number of aliphatic hydroxyl groups excluding tert-OH is 1. The number of aliphatic hydroxyl groups is 1. The SMILES string of the molecule is NC(O)Cc1ccccc1O. The first kappa shape index (κ1) is 8.04. The van der Waals surface area contributed by atoms with Crippen LogP contribution in [0.2, 0.25) is 0 Å². The average molecular weight is 153 g/mol. The number of hydrogen-bond donors (Lipinski definition) is 3. The van der Waals surface area contributed by atoms with Crippen LogP contribution in [0.1, 0.15) is 5.56 Å². The Morgan fingerprint density at radius 3 is 2.55 bits per heavy atom. The van der Waals surface area contributed by atoms with Crippen molar-refractivity contribution >= 4 is 0 Å². The van der Waals surface area contributed by atoms with E-state index in [1.54, 1.807) is 24.3 Å². The van der Waals surface area contributed by atoms with Crippen LogP contribution in [0, 0.1) is 0 Å². The molecule has 60 valence electrons. The van der Waals surface area contributed by atoms with Crippen LogP contribution in [0.15, 0.2) is 24.3 Å². The van der Waals surface area contributed by atoms with Gasteiger partial charge in [0.15, 0.2) is 0 Å². The molecule has 0 aliphatic heterocycles. The lowest BCUT2D eigenvalue weighted by Gasteiger charge is -2.05. The van der Waals surface area contributed by atoms with Gasteiger partial charge in [0.1, 0.15) is 12.0 Å². The zero-order valence-corrected chi connectivity index (χ0v) is 6.07. The first-order chi connectivity index (χ1) is 5.20. The molecule has 1 atom stereocenters. The second-order valence-electron chi connectivity index (χ2n) is 2.40. The average Bonchev–Trinajstić information content (AvgIpc) is 1.93. The van der Waals surface area contributed by atoms with E-state index in [4.69, 9.17) is 10.8 Å². The summed E-state index contributed by atoms with van der Waals surface area (Å²) in [5.74, 6) is 0.178. The number of aromatic hydroxyl groups is 1. The summed E-state index contributed by atoms with van der Waals surface area (Å²) in [6.45, 7) is 0. The largest absolute Gasteiger partial charge is 0.508 e. The first-order valence-corrected chi connectivity index (χ1v) is 3.40. The molecule has 1 unspecified atom stereocenters. The fourth-order valence-corrected chi connectivity index (χ4v) is 0.909. The van der Waals surface area contributed by atoms with Crippen molar-refractivity contribution in [1.82, 2.24) is 0 Å². The summed E-state index contributed by atoms with van der Waals surface area (Å²) in [7, 11) is 0. The van der Waals surface area contributed by atoms with Crippen LogP contribution in [-0.4, -0.2) is 16.4 Å². The molecule has 0 amide bonds. The fraction of sp³-hybridized carbons (Fsp3) is 0.250. The minimum absolute atomic E-state index is 0.178. The second-order valence-corrected chi connectivity index (χ2v) is 2.40. The number of nitrogens with two attached hydrogens (primary N) is 1. The Balaban J connectivity index is 2.78. The molecule has 0 aliphatic carbocycles. The molecule has 0 fully saturated rings. The van der Waals surface area contributed by atoms with Crippen LogP contribution in [-0.2, 0) is 6.42 Å². The Morgan fingerprint density at radius 2 is 2.00 bits per heavy atom. The lowest BCUT2D eigenvalue weighted by molar-refractivity contribution is 0.182. The van der Waals surface area contributed by atoms with E-state index in [9.17, 15) is 5.11 Å². The molecule has 0 saturated carbocycles. The quantitative estimate of drug-likeness (QED) is 0.532. The van der Waals surface area contributed by atoms with E-state index in [1.807, 2.05) is 0 Å². The van der Waals surface area contributed by atoms with Crippen molar-refractivity contribution in [2.75, 3.05) is 0 Å². The highest BCUT2D eigenvalue weighted by Crippen LogP contribution is 2.15. The molecule has 0 heterocycles. The molecule has 3 heteroatoms. The third kappa shape index (κ3) is 2.22. The summed E-state index contributed by atoms with van der Waals surface area (Å²) in [5.41, 5.74) is 5.81. The van der Waals surface area contributed by atoms with Crippen LogP contribution in [0.3, 0.4) is 0 Å². The second kappa shape index (κ2) is 3.37. The first-order valence-electron chi connectivity index (χ1n) is 3.40. The predicted octanol–water partition coefficient (Wildman–Crippen LogP) is 0.212. The lowest BCUT2D eigenvalue weighted by atomic mass is 10.1. The molecule has 1 aromatic rings. The molecule has 11 heavy (non-hydrogen) atoms. The van der Waals surface area contributed by atoms with Gasteiger partial charge in [-0.05, 0) is 11.6 Å². The van der Waals surface area contributed by atoms with E-state index in [2.05, 4.69) is 0 Å². The number of benzene rings is 1. The van der Waals surface area contributed by atoms with Crippen LogP contribution in [0.25, 0.3) is 0 Å². The number of para-hydroxylation sites is 1. The molecule has 0 saturated heterocycles. The Labute approximate surface area is 65.1 Å². The third-order valence-electron chi connectivity index (χ3n) is 1.42. The monoisotopic (exact) mass is 153 g/mol. The zero-order chi connectivity index (χ0) is 8.27. The molecule has 0 radical (unpaired) electrons. The highest BCUT2D eigenvalue weighted by Gasteiger charge is 2.02. The maximum atomic E-state index is 9.19. The Kier molecular flexibility index (Phi) is 2.46. The summed E-state index contributed by atoms with van der Waals surface area (Å²) in [5, 5.41) is 18.0. The Hall–Kier alpha value is -1.06. The third-order valence-corrected chi connectivity index (χ3v) is 1.42. The van der Waals surface area contributed by atoms with Crippen molar-refractivity contribution in [3.63, 3.8) is 0 Å². The van der Waals surface area contributed by atoms with E-state index in [1.165, 1.54) is 0 Å². The topological polar surface area (TPSA) is 66.5 Å². The summed E-state index contributed by atoms with van der Waals surface area (Å²) in [4.78, 5) is 0. The maximum Gasteiger partial charge on any atom is 0.118 e. The number of hydrogen-bond acceptors (Lipinski definition) is 3. The van der Waals surface area contributed by atoms with E-state index in [0.717, 1.165) is 0 Å². The van der Waals surface area contributed by atoms with Crippen molar-refractivity contribution in [1.29, 1.82) is 0 Å². The summed E-state index contributed by atoms with van der Waals surface area (Å²) in [6.07, 6.45) is -0.615. The highest BCUT2D eigenvalue weighted by molar-refractivity contribution is 5.31. The molecular weight excluding hydrogens is 142 g/mol. The van der Waals surface area contributed by atoms with E-state index >= 15 is 0 Å². The van der Waals surface area contributed by atoms with Gasteiger partial charge < -0.3 is 15.9 Å². The minimum atomic E-state index is -0.900. The molecule has 1 rings (SSSR count). The van der Waals surface area contributed by atoms with Crippen LogP contribution >= 0.6 is 0 Å². The number of phenolic OH excluding ortho intramolecular Hbond substituents is 1. The van der Waals surface area contributed by atoms with Gasteiger partial charge in [0.2, 0.25) is 0 Å². The molecular formula is C8H11NO2. The molecule has 3 nitrogen and oxygen atoms in total. The standard InChI is InChI=1S/C8H11NO2/c9-8(11)5-6-3-1-2-4-7(6)10/h1-4,8,10-11H,5,9H2. The molecule has 1 aromatic carbocycles. The van der Waals surface area contributed by atoms with Gasteiger partial charge in [0.25, 0.3) is 0 Å². The van der Waals surface area contributed by atoms with Gasteiger partial charge in [-0.1, -0.05) is 18.2 Å². The minimum Gasteiger partial charge on any atom is -0.508 e. The Morgan fingerprint density at radius 1 is 1.36 bits per heavy atom. The lowest BCUT2D eigenvalue weighted by Crippen LogP contribution is -2.21. The van der Waals surface area contributed by atoms with Crippen molar-refractivity contribution in [3.05, 3.63) is 29.8 Å². The van der Waals surface area contributed by atoms with E-state index in [-0.39, 0.29) is 12.2 Å². The summed E-state index contributed by atoms with van der Waals surface area (Å²) >= 11 is 0. The zero-order valence-electron chi connectivity index (χ0n) is 6.07. The Bertz CT molecular complexity index is 235. The van der Waals surface area contributed by atoms with Gasteiger partial charge in [-0.2, -0.15) is 0 Å². The fourth-order valence-electron chi connectivity index (χ4n) is 0.909. The van der Waals surface area contributed by atoms with Gasteiger partial charge in [-0.3, -0.25) is 0 Å². The summed E-state index contributed by atoms with van der Waals surface area (Å²) in [6, 6.07) is 6.81. The van der Waals surface area contributed by atoms with Crippen molar-refractivity contribution in [2.24, 2.45) is 5.73 Å². The highest BCUT2D eigenvalue weighted by atomic mass is 16.3. The van der Waals surface area contributed by atoms with Crippen LogP contribution in [0.4, 0.5) is 0 Å². The van der Waals surface area contributed by atoms with Crippen LogP contribution in [0.5, 0.6) is 5.75 Å². The normalized spacial score (nSPS) is 12.9. The molecule has 4 N–H and O–H groups in total. The molecule has 0 aliphatic rings. The molecule has 0 bridgehead atoms. The smallest absolute Gasteiger partial charge is 0.118 e. The van der Waals surface area contributed by atoms with Gasteiger partial charge in [-0.25, -0.2) is 0 Å². The van der Waals surface area contributed by atoms with Crippen molar-refractivity contribution in [3.8, 4) is 5.75 Å². The van der Waals surface area contributed by atoms with Gasteiger partial charge in [-0.15, -0.1) is 0 Å². The van der Waals surface area contributed by atoms with Crippen molar-refractivity contribution < 1.29 is 10.2 Å². The number of phenols is 1. The molecule has 0 spiro atoms. The van der Waals surface area contributed by atoms with Crippen LogP contribution < -0.4 is 5.73 Å². The van der Waals surface area contributed by atoms with Crippen molar-refractivity contribution in [2.45, 2.75) is 12.6 Å². The van der Waals surface area contributed by atoms with Gasteiger partial charge in [0, 0.05) is 6.42 Å². The number of rotatable bonds is 2. The summed E-state index contributed by atoms with van der Waals surface area (Å²) < 4.78 is 0. The predicted molar refractivity (Wildman–Crippen MR) is 42.0 cm³/mol. The van der Waals surface area contributed by atoms with Gasteiger partial charge >= 0.3 is 0 Å².